The molecule has 1 saturated heterocycles. The Balaban J connectivity index is 1.82. The topological polar surface area (TPSA) is 62.3 Å². The summed E-state index contributed by atoms with van der Waals surface area (Å²) in [6.45, 7) is 0.120. The van der Waals surface area contributed by atoms with Gasteiger partial charge >= 0.3 is 6.03 Å². The van der Waals surface area contributed by atoms with Gasteiger partial charge in [-0.3, -0.25) is 9.69 Å². The van der Waals surface area contributed by atoms with Crippen LogP contribution in [0.1, 0.15) is 37.7 Å². The highest BCUT2D eigenvalue weighted by Crippen LogP contribution is 2.34. The predicted molar refractivity (Wildman–Crippen MR) is 79.2 cm³/mol. The van der Waals surface area contributed by atoms with E-state index in [1.165, 1.54) is 4.90 Å². The number of urea groups is 1. The first kappa shape index (κ1) is 14.6. The maximum atomic E-state index is 12.6. The number of hydrogen-bond donors (Lipinski definition) is 1. The number of hydrogen-bond acceptors (Lipinski definition) is 3. The number of carbonyl (C=O) groups is 2. The molecule has 1 aliphatic heterocycles. The zero-order valence-electron chi connectivity index (χ0n) is 11.4. The van der Waals surface area contributed by atoms with Crippen molar-refractivity contribution >= 4 is 35.1 Å². The zero-order valence-corrected chi connectivity index (χ0v) is 12.9. The van der Waals surface area contributed by atoms with Crippen molar-refractivity contribution in [1.82, 2.24) is 15.2 Å². The first-order valence-electron chi connectivity index (χ1n) is 6.97. The molecule has 2 heterocycles. The molecule has 5 nitrogen and oxygen atoms in total. The molecular weight excluding hydrogens is 313 g/mol. The first-order valence-corrected chi connectivity index (χ1v) is 7.72. The number of nitrogens with one attached hydrogen (secondary N) is 1. The normalized spacial score (nSPS) is 21.0. The molecule has 0 radical (unpaired) electrons. The minimum Gasteiger partial charge on any atom is -0.323 e. The Morgan fingerprint density at radius 1 is 1.19 bits per heavy atom. The largest absolute Gasteiger partial charge is 0.325 e. The lowest BCUT2D eigenvalue weighted by Gasteiger charge is -2.30. The molecule has 0 unspecified atom stereocenters. The zero-order chi connectivity index (χ0) is 15.0. The van der Waals surface area contributed by atoms with Crippen molar-refractivity contribution in [3.8, 4) is 0 Å². The van der Waals surface area contributed by atoms with Crippen molar-refractivity contribution in [3.63, 3.8) is 0 Å². The summed E-state index contributed by atoms with van der Waals surface area (Å²) >= 11 is 11.8. The number of pyridine rings is 1. The Labute approximate surface area is 132 Å². The van der Waals surface area contributed by atoms with Gasteiger partial charge < -0.3 is 5.32 Å². The van der Waals surface area contributed by atoms with Gasteiger partial charge in [-0.05, 0) is 18.9 Å². The third-order valence-corrected chi connectivity index (χ3v) is 4.71. The minimum atomic E-state index is -0.707. The summed E-state index contributed by atoms with van der Waals surface area (Å²) in [5, 5.41) is 3.37. The van der Waals surface area contributed by atoms with Gasteiger partial charge in [0, 0.05) is 5.56 Å². The second-order valence-corrected chi connectivity index (χ2v) is 6.29. The molecule has 0 bridgehead atoms. The van der Waals surface area contributed by atoms with E-state index in [4.69, 9.17) is 23.2 Å². The number of carbonyl (C=O) groups excluding carboxylic acids is 2. The summed E-state index contributed by atoms with van der Waals surface area (Å²) < 4.78 is 0. The third-order valence-electron chi connectivity index (χ3n) is 4.17. The number of amides is 3. The van der Waals surface area contributed by atoms with Crippen LogP contribution < -0.4 is 5.32 Å². The van der Waals surface area contributed by atoms with E-state index in [0.717, 1.165) is 19.3 Å². The first-order chi connectivity index (χ1) is 10.0. The number of nitrogens with zero attached hydrogens (tertiary/aromatic N) is 2. The molecule has 3 amide bonds. The van der Waals surface area contributed by atoms with Crippen molar-refractivity contribution in [3.05, 3.63) is 28.0 Å². The Morgan fingerprint density at radius 3 is 2.57 bits per heavy atom. The van der Waals surface area contributed by atoms with Crippen LogP contribution in [-0.2, 0) is 11.3 Å². The summed E-state index contributed by atoms with van der Waals surface area (Å²) in [7, 11) is 0. The quantitative estimate of drug-likeness (QED) is 0.670. The summed E-state index contributed by atoms with van der Waals surface area (Å²) in [4.78, 5) is 29.9. The second-order valence-electron chi connectivity index (χ2n) is 5.55. The van der Waals surface area contributed by atoms with Crippen LogP contribution in [0.5, 0.6) is 0 Å². The van der Waals surface area contributed by atoms with Crippen LogP contribution >= 0.6 is 23.2 Å². The van der Waals surface area contributed by atoms with Crippen LogP contribution in [0.3, 0.4) is 0 Å². The highest BCUT2D eigenvalue weighted by atomic mass is 35.5. The average Bonchev–Trinajstić information content (AvgIpc) is 2.67. The van der Waals surface area contributed by atoms with Gasteiger partial charge in [-0.25, -0.2) is 9.78 Å². The molecule has 2 aliphatic rings. The van der Waals surface area contributed by atoms with Gasteiger partial charge in [0.25, 0.3) is 5.91 Å². The molecule has 112 valence electrons. The van der Waals surface area contributed by atoms with Crippen LogP contribution in [0.4, 0.5) is 4.79 Å². The molecule has 0 aromatic carbocycles. The molecule has 2 fully saturated rings. The van der Waals surface area contributed by atoms with Gasteiger partial charge in [0.2, 0.25) is 0 Å². The minimum absolute atomic E-state index is 0.120. The fourth-order valence-corrected chi connectivity index (χ4v) is 3.45. The highest BCUT2D eigenvalue weighted by molar-refractivity contribution is 6.32. The van der Waals surface area contributed by atoms with Gasteiger partial charge in [0.1, 0.15) is 15.8 Å². The fourth-order valence-electron chi connectivity index (χ4n) is 3.04. The Hall–Kier alpha value is -1.33. The molecule has 3 rings (SSSR count). The van der Waals surface area contributed by atoms with Crippen LogP contribution in [0.2, 0.25) is 10.3 Å². The van der Waals surface area contributed by atoms with Crippen molar-refractivity contribution in [2.45, 2.75) is 44.2 Å². The third kappa shape index (κ3) is 2.60. The van der Waals surface area contributed by atoms with E-state index in [-0.39, 0.29) is 28.8 Å². The highest BCUT2D eigenvalue weighted by Gasteiger charge is 2.51. The van der Waals surface area contributed by atoms with E-state index >= 15 is 0 Å². The van der Waals surface area contributed by atoms with Gasteiger partial charge in [-0.15, -0.1) is 0 Å². The summed E-state index contributed by atoms with van der Waals surface area (Å²) in [6.07, 6.45) is 4.45. The smallest absolute Gasteiger partial charge is 0.323 e. The molecule has 7 heteroatoms. The SMILES string of the molecule is O=C1NC2(CCCCC2)C(=O)N1Cc1ccc(Cl)nc1Cl. The standard InChI is InChI=1S/C14H15Cl2N3O2/c15-10-5-4-9(11(16)17-10)8-19-12(20)14(18-13(19)21)6-2-1-3-7-14/h4-5H,1-3,6-8H2,(H,18,21). The lowest BCUT2D eigenvalue weighted by atomic mass is 9.82. The van der Waals surface area contributed by atoms with Crippen LogP contribution in [0.25, 0.3) is 0 Å². The van der Waals surface area contributed by atoms with E-state index in [2.05, 4.69) is 10.3 Å². The Morgan fingerprint density at radius 2 is 1.90 bits per heavy atom. The summed E-state index contributed by atoms with van der Waals surface area (Å²) in [5.74, 6) is -0.154. The summed E-state index contributed by atoms with van der Waals surface area (Å²) in [6, 6.07) is 2.93. The molecule has 1 N–H and O–H groups in total. The molecule has 1 aromatic heterocycles. The van der Waals surface area contributed by atoms with Gasteiger partial charge in [0.05, 0.1) is 6.54 Å². The maximum Gasteiger partial charge on any atom is 0.325 e. The molecule has 1 aliphatic carbocycles. The number of rotatable bonds is 2. The van der Waals surface area contributed by atoms with Crippen molar-refractivity contribution in [2.24, 2.45) is 0 Å². The van der Waals surface area contributed by atoms with Crippen LogP contribution in [-0.4, -0.2) is 27.4 Å². The molecule has 21 heavy (non-hydrogen) atoms. The monoisotopic (exact) mass is 327 g/mol. The lowest BCUT2D eigenvalue weighted by molar-refractivity contribution is -0.132. The molecule has 0 atom stereocenters. The lowest BCUT2D eigenvalue weighted by Crippen LogP contribution is -2.48. The molecule has 1 saturated carbocycles. The number of aromatic nitrogens is 1. The summed E-state index contributed by atoms with van der Waals surface area (Å²) in [5.41, 5.74) is -0.0980. The van der Waals surface area contributed by atoms with E-state index in [0.29, 0.717) is 18.4 Å². The van der Waals surface area contributed by atoms with Gasteiger partial charge in [0.15, 0.2) is 0 Å². The fraction of sp³-hybridized carbons (Fsp3) is 0.500. The Kier molecular flexibility index (Phi) is 3.80. The van der Waals surface area contributed by atoms with Crippen molar-refractivity contribution < 1.29 is 9.59 Å². The van der Waals surface area contributed by atoms with E-state index in [9.17, 15) is 9.59 Å². The Bertz CT molecular complexity index is 600. The van der Waals surface area contributed by atoms with Crippen molar-refractivity contribution in [1.29, 1.82) is 0 Å². The van der Waals surface area contributed by atoms with E-state index < -0.39 is 5.54 Å². The molecular formula is C14H15Cl2N3O2. The second kappa shape index (κ2) is 5.46. The average molecular weight is 328 g/mol. The van der Waals surface area contributed by atoms with Crippen LogP contribution in [0.15, 0.2) is 12.1 Å². The number of halogens is 2. The van der Waals surface area contributed by atoms with Crippen LogP contribution in [0, 0.1) is 0 Å². The predicted octanol–water partition coefficient (Wildman–Crippen LogP) is 3.14. The van der Waals surface area contributed by atoms with Crippen molar-refractivity contribution in [2.75, 3.05) is 0 Å². The number of imide groups is 1. The molecule has 1 aromatic rings. The van der Waals surface area contributed by atoms with Gasteiger partial charge in [-0.1, -0.05) is 48.5 Å². The van der Waals surface area contributed by atoms with E-state index in [1.807, 2.05) is 0 Å². The van der Waals surface area contributed by atoms with Gasteiger partial charge in [-0.2, -0.15) is 0 Å². The molecule has 1 spiro atoms. The maximum absolute atomic E-state index is 12.6. The van der Waals surface area contributed by atoms with E-state index in [1.54, 1.807) is 12.1 Å².